The minimum absolute atomic E-state index is 0.232. The van der Waals surface area contributed by atoms with Crippen LogP contribution in [0.5, 0.6) is 0 Å². The number of pyridine rings is 1. The Hall–Kier alpha value is -1.59. The summed E-state index contributed by atoms with van der Waals surface area (Å²) in [6.07, 6.45) is 3.08. The molecule has 0 unspecified atom stereocenters. The van der Waals surface area contributed by atoms with Gasteiger partial charge in [-0.3, -0.25) is 9.78 Å². The van der Waals surface area contributed by atoms with Crippen molar-refractivity contribution in [2.75, 3.05) is 17.7 Å². The van der Waals surface area contributed by atoms with Crippen molar-refractivity contribution in [3.8, 4) is 0 Å². The van der Waals surface area contributed by atoms with Crippen LogP contribution in [0.3, 0.4) is 0 Å². The van der Waals surface area contributed by atoms with Crippen molar-refractivity contribution in [2.24, 2.45) is 0 Å². The first-order valence-corrected chi connectivity index (χ1v) is 6.61. The molecule has 0 atom stereocenters. The van der Waals surface area contributed by atoms with Gasteiger partial charge in [0.25, 0.3) is 5.91 Å². The van der Waals surface area contributed by atoms with Crippen LogP contribution in [0, 0.1) is 0 Å². The van der Waals surface area contributed by atoms with Crippen LogP contribution >= 0.6 is 27.5 Å². The number of hydrogen-bond acceptors (Lipinski definition) is 3. The summed E-state index contributed by atoms with van der Waals surface area (Å²) < 4.78 is 0.677. The summed E-state index contributed by atoms with van der Waals surface area (Å²) in [6, 6.07) is 6.88. The van der Waals surface area contributed by atoms with Crippen LogP contribution in [0.15, 0.2) is 41.1 Å². The fourth-order valence-corrected chi connectivity index (χ4v) is 2.24. The Morgan fingerprint density at radius 1 is 1.42 bits per heavy atom. The molecule has 2 N–H and O–H groups in total. The smallest absolute Gasteiger partial charge is 0.259 e. The lowest BCUT2D eigenvalue weighted by atomic mass is 10.2. The average Bonchev–Trinajstić information content (AvgIpc) is 2.41. The number of aromatic nitrogens is 1. The summed E-state index contributed by atoms with van der Waals surface area (Å²) in [5.41, 5.74) is 7.25. The molecule has 0 fully saturated rings. The minimum Gasteiger partial charge on any atom is -0.396 e. The van der Waals surface area contributed by atoms with Gasteiger partial charge in [0, 0.05) is 17.7 Å². The molecule has 0 aliphatic heterocycles. The van der Waals surface area contributed by atoms with Crippen molar-refractivity contribution in [3.05, 3.63) is 51.7 Å². The summed E-state index contributed by atoms with van der Waals surface area (Å²) in [5.74, 6) is -0.232. The van der Waals surface area contributed by atoms with Crippen LogP contribution in [-0.2, 0) is 0 Å². The second-order valence-corrected chi connectivity index (χ2v) is 5.13. The molecule has 19 heavy (non-hydrogen) atoms. The molecule has 0 aliphatic rings. The molecule has 2 aromatic rings. The number of carbonyl (C=O) groups is 1. The highest BCUT2D eigenvalue weighted by Gasteiger charge is 2.19. The average molecular weight is 341 g/mol. The molecule has 1 aromatic carbocycles. The fraction of sp³-hybridized carbons (Fsp3) is 0.0769. The lowest BCUT2D eigenvalue weighted by Gasteiger charge is -2.19. The van der Waals surface area contributed by atoms with Crippen LogP contribution in [0.4, 0.5) is 11.4 Å². The number of benzene rings is 1. The molecule has 98 valence electrons. The molecule has 0 bridgehead atoms. The van der Waals surface area contributed by atoms with E-state index in [2.05, 4.69) is 20.9 Å². The third kappa shape index (κ3) is 2.72. The normalized spacial score (nSPS) is 10.3. The van der Waals surface area contributed by atoms with Crippen molar-refractivity contribution in [1.82, 2.24) is 4.98 Å². The van der Waals surface area contributed by atoms with Gasteiger partial charge in [0.2, 0.25) is 0 Å². The van der Waals surface area contributed by atoms with Crippen LogP contribution in [0.1, 0.15) is 10.4 Å². The van der Waals surface area contributed by atoms with Gasteiger partial charge in [-0.25, -0.2) is 0 Å². The molecule has 1 amide bonds. The van der Waals surface area contributed by atoms with Gasteiger partial charge in [0.1, 0.15) is 0 Å². The number of anilines is 2. The van der Waals surface area contributed by atoms with E-state index in [4.69, 9.17) is 17.3 Å². The number of nitrogens with zero attached hydrogens (tertiary/aromatic N) is 2. The van der Waals surface area contributed by atoms with Crippen molar-refractivity contribution in [1.29, 1.82) is 0 Å². The highest BCUT2D eigenvalue weighted by molar-refractivity contribution is 9.10. The fourth-order valence-electron chi connectivity index (χ4n) is 1.66. The second kappa shape index (κ2) is 5.59. The summed E-state index contributed by atoms with van der Waals surface area (Å²) in [6.45, 7) is 0. The van der Waals surface area contributed by atoms with E-state index >= 15 is 0 Å². The minimum atomic E-state index is -0.232. The number of carbonyl (C=O) groups excluding carboxylic acids is 1. The van der Waals surface area contributed by atoms with Gasteiger partial charge >= 0.3 is 0 Å². The summed E-state index contributed by atoms with van der Waals surface area (Å²) >= 11 is 9.42. The lowest BCUT2D eigenvalue weighted by molar-refractivity contribution is 0.0993. The van der Waals surface area contributed by atoms with E-state index in [1.54, 1.807) is 37.5 Å². The Kier molecular flexibility index (Phi) is 4.07. The van der Waals surface area contributed by atoms with Crippen LogP contribution in [0.25, 0.3) is 0 Å². The Morgan fingerprint density at radius 2 is 2.16 bits per heavy atom. The molecule has 1 heterocycles. The van der Waals surface area contributed by atoms with Crippen LogP contribution in [0.2, 0.25) is 5.02 Å². The number of halogens is 2. The molecule has 0 saturated carbocycles. The van der Waals surface area contributed by atoms with Gasteiger partial charge in [-0.15, -0.1) is 0 Å². The third-order valence-corrected chi connectivity index (χ3v) is 3.97. The summed E-state index contributed by atoms with van der Waals surface area (Å²) in [4.78, 5) is 17.8. The van der Waals surface area contributed by atoms with E-state index in [-0.39, 0.29) is 5.91 Å². The Labute approximate surface area is 124 Å². The predicted octanol–water partition coefficient (Wildman–Crippen LogP) is 3.36. The van der Waals surface area contributed by atoms with Crippen LogP contribution < -0.4 is 10.6 Å². The van der Waals surface area contributed by atoms with E-state index in [0.29, 0.717) is 26.4 Å². The predicted molar refractivity (Wildman–Crippen MR) is 80.5 cm³/mol. The Balaban J connectivity index is 2.40. The maximum Gasteiger partial charge on any atom is 0.259 e. The number of hydrogen-bond donors (Lipinski definition) is 1. The zero-order valence-electron chi connectivity index (χ0n) is 10.1. The molecular formula is C13H11BrClN3O. The molecular weight excluding hydrogens is 330 g/mol. The zero-order chi connectivity index (χ0) is 14.0. The largest absolute Gasteiger partial charge is 0.396 e. The molecule has 0 aliphatic carbocycles. The first-order chi connectivity index (χ1) is 9.02. The van der Waals surface area contributed by atoms with Crippen molar-refractivity contribution < 1.29 is 4.79 Å². The van der Waals surface area contributed by atoms with Crippen LogP contribution in [-0.4, -0.2) is 17.9 Å². The maximum atomic E-state index is 12.4. The van der Waals surface area contributed by atoms with Crippen molar-refractivity contribution >= 4 is 44.8 Å². The number of rotatable bonds is 2. The van der Waals surface area contributed by atoms with Gasteiger partial charge in [-0.05, 0) is 34.1 Å². The molecule has 6 heteroatoms. The molecule has 0 radical (unpaired) electrons. The zero-order valence-corrected chi connectivity index (χ0v) is 12.4. The van der Waals surface area contributed by atoms with E-state index in [1.807, 2.05) is 0 Å². The molecule has 0 spiro atoms. The SMILES string of the molecule is CN(C(=O)c1cccc(Br)c1Cl)c1ccncc1N. The van der Waals surface area contributed by atoms with Crippen molar-refractivity contribution in [2.45, 2.75) is 0 Å². The van der Waals surface area contributed by atoms with Gasteiger partial charge < -0.3 is 10.6 Å². The van der Waals surface area contributed by atoms with Gasteiger partial charge in [0.15, 0.2) is 0 Å². The highest BCUT2D eigenvalue weighted by atomic mass is 79.9. The standard InChI is InChI=1S/C13H11BrClN3O/c1-18(11-5-6-17-7-10(11)16)13(19)8-3-2-4-9(14)12(8)15/h2-7H,16H2,1H3. The maximum absolute atomic E-state index is 12.4. The Morgan fingerprint density at radius 3 is 2.84 bits per heavy atom. The van der Waals surface area contributed by atoms with Gasteiger partial charge in [-0.1, -0.05) is 17.7 Å². The number of nitrogen functional groups attached to an aromatic ring is 1. The van der Waals surface area contributed by atoms with E-state index in [1.165, 1.54) is 11.1 Å². The first-order valence-electron chi connectivity index (χ1n) is 5.44. The van der Waals surface area contributed by atoms with E-state index in [9.17, 15) is 4.79 Å². The quantitative estimate of drug-likeness (QED) is 0.912. The lowest BCUT2D eigenvalue weighted by Crippen LogP contribution is -2.27. The number of amides is 1. The van der Waals surface area contributed by atoms with Gasteiger partial charge in [-0.2, -0.15) is 0 Å². The summed E-state index contributed by atoms with van der Waals surface area (Å²) in [5, 5.41) is 0.381. The molecule has 4 nitrogen and oxygen atoms in total. The number of nitrogens with two attached hydrogens (primary N) is 1. The Bertz CT molecular complexity index is 633. The van der Waals surface area contributed by atoms with Gasteiger partial charge in [0.05, 0.1) is 28.2 Å². The molecule has 1 aromatic heterocycles. The first kappa shape index (κ1) is 13.8. The van der Waals surface area contributed by atoms with Crippen molar-refractivity contribution in [3.63, 3.8) is 0 Å². The second-order valence-electron chi connectivity index (χ2n) is 3.90. The summed E-state index contributed by atoms with van der Waals surface area (Å²) in [7, 11) is 1.64. The topological polar surface area (TPSA) is 59.2 Å². The third-order valence-electron chi connectivity index (χ3n) is 2.68. The monoisotopic (exact) mass is 339 g/mol. The van der Waals surface area contributed by atoms with E-state index < -0.39 is 0 Å². The molecule has 0 saturated heterocycles. The highest BCUT2D eigenvalue weighted by Crippen LogP contribution is 2.29. The molecule has 2 rings (SSSR count). The van der Waals surface area contributed by atoms with E-state index in [0.717, 1.165) is 0 Å².